The van der Waals surface area contributed by atoms with E-state index >= 15 is 0 Å². The Morgan fingerprint density at radius 2 is 1.69 bits per heavy atom. The molecule has 1 aromatic carbocycles. The summed E-state index contributed by atoms with van der Waals surface area (Å²) in [5.41, 5.74) is 10.3. The van der Waals surface area contributed by atoms with Crippen molar-refractivity contribution < 1.29 is 19.7 Å². The van der Waals surface area contributed by atoms with Gasteiger partial charge >= 0.3 is 0 Å². The molecule has 5 rings (SSSR count). The van der Waals surface area contributed by atoms with Crippen molar-refractivity contribution in [3.63, 3.8) is 0 Å². The quantitative estimate of drug-likeness (QED) is 0.655. The fourth-order valence-electron chi connectivity index (χ4n) is 4.11. The number of methoxy groups -OCH3 is 2. The van der Waals surface area contributed by atoms with Crippen molar-refractivity contribution in [2.75, 3.05) is 44.5 Å². The van der Waals surface area contributed by atoms with Gasteiger partial charge < -0.3 is 30.9 Å². The summed E-state index contributed by atoms with van der Waals surface area (Å²) in [6.07, 6.45) is 5.76. The van der Waals surface area contributed by atoms with Crippen LogP contribution in [-0.4, -0.2) is 61.1 Å². The molecule has 32 heavy (non-hydrogen) atoms. The molecule has 1 aromatic heterocycles. The number of hydrogen-bond acceptors (Lipinski definition) is 8. The van der Waals surface area contributed by atoms with Crippen LogP contribution < -0.4 is 25.4 Å². The van der Waals surface area contributed by atoms with Crippen molar-refractivity contribution >= 4 is 40.9 Å². The van der Waals surface area contributed by atoms with Gasteiger partial charge in [-0.2, -0.15) is 4.98 Å². The van der Waals surface area contributed by atoms with Crippen molar-refractivity contribution in [2.45, 2.75) is 38.6 Å². The summed E-state index contributed by atoms with van der Waals surface area (Å²) in [4.78, 5) is 22.8. The maximum absolute atomic E-state index is 11.9. The number of fused-ring (bicyclic) bond motifs is 1. The summed E-state index contributed by atoms with van der Waals surface area (Å²) >= 11 is 0. The molecule has 1 atom stereocenters. The van der Waals surface area contributed by atoms with E-state index in [1.807, 2.05) is 4.90 Å². The number of ketones is 1. The van der Waals surface area contributed by atoms with Crippen LogP contribution in [0.2, 0.25) is 0 Å². The van der Waals surface area contributed by atoms with E-state index in [2.05, 4.69) is 15.3 Å². The zero-order valence-corrected chi connectivity index (χ0v) is 19.6. The summed E-state index contributed by atoms with van der Waals surface area (Å²) in [7, 11) is 3.13. The van der Waals surface area contributed by atoms with E-state index in [9.17, 15) is 4.79 Å². The van der Waals surface area contributed by atoms with Gasteiger partial charge in [-0.25, -0.2) is 4.98 Å². The molecule has 10 heteroatoms. The molecule has 0 amide bonds. The first kappa shape index (κ1) is 25.6. The zero-order chi connectivity index (χ0) is 21.3. The fraction of sp³-hybridized carbons (Fsp3) is 0.500. The highest BCUT2D eigenvalue weighted by Gasteiger charge is 2.28. The minimum atomic E-state index is -0.296. The van der Waals surface area contributed by atoms with Crippen LogP contribution >= 0.6 is 12.4 Å². The van der Waals surface area contributed by atoms with Gasteiger partial charge in [0, 0.05) is 31.1 Å². The van der Waals surface area contributed by atoms with E-state index in [1.165, 1.54) is 25.7 Å². The first-order valence-corrected chi connectivity index (χ1v) is 10.4. The van der Waals surface area contributed by atoms with E-state index in [4.69, 9.17) is 15.2 Å². The van der Waals surface area contributed by atoms with Crippen molar-refractivity contribution in [1.82, 2.24) is 15.3 Å². The predicted molar refractivity (Wildman–Crippen MR) is 128 cm³/mol. The Balaban J connectivity index is 0.000000387. The second-order valence-electron chi connectivity index (χ2n) is 7.86. The Morgan fingerprint density at radius 1 is 1.09 bits per heavy atom. The lowest BCUT2D eigenvalue weighted by Crippen LogP contribution is -2.55. The summed E-state index contributed by atoms with van der Waals surface area (Å²) < 4.78 is 10.6. The number of halogens is 1. The van der Waals surface area contributed by atoms with E-state index < -0.39 is 0 Å². The number of nitrogens with one attached hydrogen (secondary N) is 1. The number of anilines is 2. The Labute approximate surface area is 194 Å². The first-order valence-electron chi connectivity index (χ1n) is 10.4. The number of nitrogen functional groups attached to an aromatic ring is 1. The Bertz CT molecular complexity index is 987. The summed E-state index contributed by atoms with van der Waals surface area (Å²) in [6, 6.07) is 3.23. The molecular formula is C22H32ClN5O4. The topological polar surface area (TPSA) is 134 Å². The zero-order valence-electron chi connectivity index (χ0n) is 18.7. The molecule has 176 valence electrons. The van der Waals surface area contributed by atoms with Gasteiger partial charge in [-0.05, 0) is 38.7 Å². The number of hydrogen-bond donors (Lipinski definition) is 2. The molecule has 2 aromatic rings. The first-order chi connectivity index (χ1) is 14.5. The number of nitrogens with two attached hydrogens (primary N) is 1. The molecule has 3 aliphatic rings. The SMILES string of the molecule is C1CC2=C1CC2.COc1cc2nc(N3CCNCC3C(C)=O)nc(N)c2cc1OC.Cl.O. The molecule has 0 radical (unpaired) electrons. The standard InChI is InChI=1S/C16H21N5O3.C6H8.ClH.H2O/c1-9(22)12-8-18-4-5-21(12)16-19-11-7-14(24-3)13(23-2)6-10(11)15(17)20-16;1-2-6-4-3-5(1)6;;/h6-7,12,18H,4-5,8H2,1-3H3,(H2,17,19,20);1-4H2;1H;1H2. The third-order valence-electron chi connectivity index (χ3n) is 6.15. The summed E-state index contributed by atoms with van der Waals surface area (Å²) in [5, 5.41) is 3.90. The van der Waals surface area contributed by atoms with Crippen LogP contribution in [0.3, 0.4) is 0 Å². The number of allylic oxidation sites excluding steroid dienone is 2. The van der Waals surface area contributed by atoms with Crippen LogP contribution in [0.1, 0.15) is 32.6 Å². The van der Waals surface area contributed by atoms with Crippen LogP contribution in [-0.2, 0) is 4.79 Å². The number of nitrogens with zero attached hydrogens (tertiary/aromatic N) is 3. The highest BCUT2D eigenvalue weighted by Crippen LogP contribution is 2.43. The molecule has 0 saturated carbocycles. The normalized spacial score (nSPS) is 18.6. The predicted octanol–water partition coefficient (Wildman–Crippen LogP) is 2.06. The van der Waals surface area contributed by atoms with Gasteiger partial charge in [0.1, 0.15) is 11.9 Å². The van der Waals surface area contributed by atoms with E-state index in [1.54, 1.807) is 44.4 Å². The van der Waals surface area contributed by atoms with Gasteiger partial charge in [-0.1, -0.05) is 11.1 Å². The highest BCUT2D eigenvalue weighted by atomic mass is 35.5. The largest absolute Gasteiger partial charge is 0.493 e. The summed E-state index contributed by atoms with van der Waals surface area (Å²) in [5.74, 6) is 2.00. The molecule has 5 N–H and O–H groups in total. The van der Waals surface area contributed by atoms with Crippen LogP contribution in [0.4, 0.5) is 11.8 Å². The molecule has 0 bridgehead atoms. The third kappa shape index (κ3) is 4.90. The minimum Gasteiger partial charge on any atom is -0.493 e. The number of carbonyl (C=O) groups is 1. The third-order valence-corrected chi connectivity index (χ3v) is 6.15. The number of aromatic nitrogens is 2. The van der Waals surface area contributed by atoms with Gasteiger partial charge in [0.15, 0.2) is 17.3 Å². The molecular weight excluding hydrogens is 434 g/mol. The molecule has 9 nitrogen and oxygen atoms in total. The van der Waals surface area contributed by atoms with Gasteiger partial charge in [-0.3, -0.25) is 4.79 Å². The van der Waals surface area contributed by atoms with Crippen molar-refractivity contribution in [2.24, 2.45) is 0 Å². The van der Waals surface area contributed by atoms with Gasteiger partial charge in [0.25, 0.3) is 0 Å². The molecule has 2 heterocycles. The average molecular weight is 466 g/mol. The van der Waals surface area contributed by atoms with Gasteiger partial charge in [-0.15, -0.1) is 12.4 Å². The Hall–Kier alpha value is -2.62. The lowest BCUT2D eigenvalue weighted by molar-refractivity contribution is -0.118. The number of Topliss-reactive ketones (excluding diaryl/α,β-unsaturated/α-hetero) is 1. The molecule has 2 aliphatic carbocycles. The van der Waals surface area contributed by atoms with E-state index in [-0.39, 0.29) is 29.7 Å². The van der Waals surface area contributed by atoms with Gasteiger partial charge in [0.2, 0.25) is 5.95 Å². The van der Waals surface area contributed by atoms with Crippen molar-refractivity contribution in [3.8, 4) is 11.5 Å². The maximum atomic E-state index is 11.9. The van der Waals surface area contributed by atoms with Crippen molar-refractivity contribution in [1.29, 1.82) is 0 Å². The minimum absolute atomic E-state index is 0. The number of ether oxygens (including phenoxy) is 2. The number of carbonyl (C=O) groups excluding carboxylic acids is 1. The fourth-order valence-corrected chi connectivity index (χ4v) is 4.11. The highest BCUT2D eigenvalue weighted by molar-refractivity contribution is 5.92. The Kier molecular flexibility index (Phi) is 8.65. The van der Waals surface area contributed by atoms with E-state index in [0.29, 0.717) is 47.3 Å². The van der Waals surface area contributed by atoms with Crippen LogP contribution in [0, 0.1) is 0 Å². The maximum Gasteiger partial charge on any atom is 0.228 e. The van der Waals surface area contributed by atoms with Crippen molar-refractivity contribution in [3.05, 3.63) is 23.3 Å². The number of piperazine rings is 1. The number of benzene rings is 1. The lowest BCUT2D eigenvalue weighted by Gasteiger charge is -2.34. The van der Waals surface area contributed by atoms with Crippen LogP contribution in [0.25, 0.3) is 10.9 Å². The molecule has 1 saturated heterocycles. The molecule has 1 unspecified atom stereocenters. The van der Waals surface area contributed by atoms with E-state index in [0.717, 1.165) is 6.54 Å². The second kappa shape index (κ2) is 10.8. The summed E-state index contributed by atoms with van der Waals surface area (Å²) in [6.45, 7) is 3.55. The Morgan fingerprint density at radius 3 is 2.19 bits per heavy atom. The molecule has 1 fully saturated rings. The molecule has 0 spiro atoms. The monoisotopic (exact) mass is 465 g/mol. The number of rotatable bonds is 4. The average Bonchev–Trinajstić information content (AvgIpc) is 2.75. The molecule has 1 aliphatic heterocycles. The van der Waals surface area contributed by atoms with Crippen LogP contribution in [0.15, 0.2) is 23.3 Å². The lowest BCUT2D eigenvalue weighted by atomic mass is 9.74. The second-order valence-corrected chi connectivity index (χ2v) is 7.86. The smallest absolute Gasteiger partial charge is 0.228 e. The van der Waals surface area contributed by atoms with Gasteiger partial charge in [0.05, 0.1) is 19.7 Å². The van der Waals surface area contributed by atoms with Crippen LogP contribution in [0.5, 0.6) is 11.5 Å².